The average molecular weight is 430 g/mol. The number of unbranched alkanes of at least 4 members (excludes halogenated alkanes) is 1. The van der Waals surface area contributed by atoms with E-state index in [9.17, 15) is 24.3 Å². The molecule has 5 atom stereocenters. The van der Waals surface area contributed by atoms with Gasteiger partial charge in [0.05, 0.1) is 6.04 Å². The van der Waals surface area contributed by atoms with Crippen molar-refractivity contribution in [2.24, 2.45) is 23.3 Å². The van der Waals surface area contributed by atoms with Crippen LogP contribution in [0, 0.1) is 11.8 Å². The van der Waals surface area contributed by atoms with Gasteiger partial charge in [0.15, 0.2) is 0 Å². The van der Waals surface area contributed by atoms with Gasteiger partial charge in [-0.25, -0.2) is 4.79 Å². The Morgan fingerprint density at radius 2 is 1.50 bits per heavy atom. The fourth-order valence-corrected chi connectivity index (χ4v) is 2.71. The predicted molar refractivity (Wildman–Crippen MR) is 114 cm³/mol. The van der Waals surface area contributed by atoms with E-state index in [4.69, 9.17) is 11.5 Å². The number of amides is 3. The Hall–Kier alpha value is -2.20. The first-order valence-corrected chi connectivity index (χ1v) is 10.6. The van der Waals surface area contributed by atoms with Gasteiger partial charge < -0.3 is 32.5 Å². The number of hydrogen-bond donors (Lipinski definition) is 6. The Morgan fingerprint density at radius 1 is 0.900 bits per heavy atom. The number of carboxylic acids is 1. The largest absolute Gasteiger partial charge is 0.480 e. The van der Waals surface area contributed by atoms with Gasteiger partial charge in [-0.05, 0) is 44.6 Å². The van der Waals surface area contributed by atoms with Gasteiger partial charge in [-0.2, -0.15) is 0 Å². The number of nitrogens with one attached hydrogen (secondary N) is 3. The molecule has 10 heteroatoms. The van der Waals surface area contributed by atoms with Crippen LogP contribution in [0.5, 0.6) is 0 Å². The van der Waals surface area contributed by atoms with E-state index in [1.807, 2.05) is 13.8 Å². The summed E-state index contributed by atoms with van der Waals surface area (Å²) in [5.74, 6) is -3.10. The smallest absolute Gasteiger partial charge is 0.326 e. The van der Waals surface area contributed by atoms with Crippen molar-refractivity contribution in [3.63, 3.8) is 0 Å². The van der Waals surface area contributed by atoms with Crippen molar-refractivity contribution in [1.82, 2.24) is 16.0 Å². The van der Waals surface area contributed by atoms with E-state index in [-0.39, 0.29) is 11.8 Å². The van der Waals surface area contributed by atoms with Crippen LogP contribution >= 0.6 is 0 Å². The molecule has 0 aromatic heterocycles. The summed E-state index contributed by atoms with van der Waals surface area (Å²) in [7, 11) is 0. The van der Waals surface area contributed by atoms with Crippen LogP contribution in [-0.4, -0.2) is 59.5 Å². The summed E-state index contributed by atoms with van der Waals surface area (Å²) in [5, 5.41) is 16.8. The molecule has 0 aliphatic carbocycles. The molecule has 0 bridgehead atoms. The summed E-state index contributed by atoms with van der Waals surface area (Å²) in [5.41, 5.74) is 11.5. The van der Waals surface area contributed by atoms with Crippen LogP contribution in [0.1, 0.15) is 60.3 Å². The molecule has 0 aromatic carbocycles. The molecule has 3 amide bonds. The number of hydrogen-bond acceptors (Lipinski definition) is 6. The molecule has 174 valence electrons. The molecule has 0 aromatic rings. The number of carbonyl (C=O) groups excluding carboxylic acids is 3. The van der Waals surface area contributed by atoms with Crippen LogP contribution in [-0.2, 0) is 19.2 Å². The monoisotopic (exact) mass is 429 g/mol. The second kappa shape index (κ2) is 13.9. The summed E-state index contributed by atoms with van der Waals surface area (Å²) in [4.78, 5) is 48.7. The summed E-state index contributed by atoms with van der Waals surface area (Å²) >= 11 is 0. The van der Waals surface area contributed by atoms with E-state index in [1.165, 1.54) is 6.92 Å². The number of carboxylic acid groups (broad SMARTS) is 1. The van der Waals surface area contributed by atoms with Crippen molar-refractivity contribution in [3.05, 3.63) is 0 Å². The number of carbonyl (C=O) groups is 4. The van der Waals surface area contributed by atoms with Crippen molar-refractivity contribution in [1.29, 1.82) is 0 Å². The van der Waals surface area contributed by atoms with E-state index >= 15 is 0 Å². The highest BCUT2D eigenvalue weighted by Crippen LogP contribution is 2.08. The Bertz CT molecular complexity index is 584. The standard InChI is InChI=1S/C20H39N5O5/c1-6-12(4)15(22)19(28)24-14(9-7-8-10-21)18(27)23-13(5)17(26)25-16(11(2)3)20(29)30/h11-16H,6-10,21-22H2,1-5H3,(H,23,27)(H,24,28)(H,25,26)(H,29,30). The predicted octanol–water partition coefficient (Wildman–Crippen LogP) is -0.296. The molecule has 0 aliphatic heterocycles. The number of aliphatic carboxylic acids is 1. The number of nitrogens with two attached hydrogens (primary N) is 2. The molecule has 0 saturated carbocycles. The van der Waals surface area contributed by atoms with Gasteiger partial charge in [-0.1, -0.05) is 34.1 Å². The zero-order valence-corrected chi connectivity index (χ0v) is 18.7. The maximum atomic E-state index is 12.7. The Labute approximate surface area is 178 Å². The highest BCUT2D eigenvalue weighted by atomic mass is 16.4. The third-order valence-corrected chi connectivity index (χ3v) is 5.12. The minimum absolute atomic E-state index is 0.0496. The first kappa shape index (κ1) is 27.8. The lowest BCUT2D eigenvalue weighted by molar-refractivity contribution is -0.143. The lowest BCUT2D eigenvalue weighted by Crippen LogP contribution is -2.57. The summed E-state index contributed by atoms with van der Waals surface area (Å²) < 4.78 is 0. The van der Waals surface area contributed by atoms with Crippen molar-refractivity contribution < 1.29 is 24.3 Å². The molecule has 0 radical (unpaired) electrons. The van der Waals surface area contributed by atoms with Gasteiger partial charge in [0.1, 0.15) is 18.1 Å². The maximum absolute atomic E-state index is 12.7. The van der Waals surface area contributed by atoms with Gasteiger partial charge in [-0.3, -0.25) is 14.4 Å². The minimum Gasteiger partial charge on any atom is -0.480 e. The van der Waals surface area contributed by atoms with Gasteiger partial charge in [0.2, 0.25) is 17.7 Å². The number of rotatable bonds is 14. The van der Waals surface area contributed by atoms with Crippen LogP contribution in [0.4, 0.5) is 0 Å². The van der Waals surface area contributed by atoms with E-state index in [2.05, 4.69) is 16.0 Å². The molecule has 30 heavy (non-hydrogen) atoms. The fourth-order valence-electron chi connectivity index (χ4n) is 2.71. The summed E-state index contributed by atoms with van der Waals surface area (Å²) in [6.45, 7) is 9.03. The molecule has 0 saturated heterocycles. The van der Waals surface area contributed by atoms with Crippen LogP contribution in [0.3, 0.4) is 0 Å². The first-order valence-electron chi connectivity index (χ1n) is 10.6. The Kier molecular flexibility index (Phi) is 12.9. The van der Waals surface area contributed by atoms with Crippen molar-refractivity contribution in [2.75, 3.05) is 6.54 Å². The zero-order valence-electron chi connectivity index (χ0n) is 18.7. The minimum atomic E-state index is -1.15. The highest BCUT2D eigenvalue weighted by Gasteiger charge is 2.29. The second-order valence-corrected chi connectivity index (χ2v) is 8.06. The SMILES string of the molecule is CCC(C)C(N)C(=O)NC(CCCCN)C(=O)NC(C)C(=O)NC(C(=O)O)C(C)C. The van der Waals surface area contributed by atoms with Crippen LogP contribution in [0.2, 0.25) is 0 Å². The molecule has 5 unspecified atom stereocenters. The van der Waals surface area contributed by atoms with Crippen LogP contribution in [0.15, 0.2) is 0 Å². The average Bonchev–Trinajstić information content (AvgIpc) is 2.68. The van der Waals surface area contributed by atoms with Crippen molar-refractivity contribution in [3.8, 4) is 0 Å². The molecular formula is C20H39N5O5. The molecule has 0 aliphatic rings. The van der Waals surface area contributed by atoms with Crippen molar-refractivity contribution in [2.45, 2.75) is 84.5 Å². The third kappa shape index (κ3) is 9.53. The fraction of sp³-hybridized carbons (Fsp3) is 0.800. The van der Waals surface area contributed by atoms with Crippen LogP contribution < -0.4 is 27.4 Å². The normalized spacial score (nSPS) is 16.1. The molecule has 8 N–H and O–H groups in total. The van der Waals surface area contributed by atoms with Crippen molar-refractivity contribution >= 4 is 23.7 Å². The van der Waals surface area contributed by atoms with E-state index in [1.54, 1.807) is 13.8 Å². The highest BCUT2D eigenvalue weighted by molar-refractivity contribution is 5.93. The lowest BCUT2D eigenvalue weighted by Gasteiger charge is -2.25. The third-order valence-electron chi connectivity index (χ3n) is 5.12. The molecular weight excluding hydrogens is 390 g/mol. The Morgan fingerprint density at radius 3 is 1.97 bits per heavy atom. The van der Waals surface area contributed by atoms with Gasteiger partial charge in [-0.15, -0.1) is 0 Å². The van der Waals surface area contributed by atoms with Crippen LogP contribution in [0.25, 0.3) is 0 Å². The van der Waals surface area contributed by atoms with E-state index < -0.39 is 47.9 Å². The van der Waals surface area contributed by atoms with E-state index in [0.717, 1.165) is 6.42 Å². The maximum Gasteiger partial charge on any atom is 0.326 e. The zero-order chi connectivity index (χ0) is 23.4. The second-order valence-electron chi connectivity index (χ2n) is 8.06. The van der Waals surface area contributed by atoms with E-state index in [0.29, 0.717) is 25.8 Å². The summed E-state index contributed by atoms with van der Waals surface area (Å²) in [6, 6.07) is -3.65. The molecule has 0 heterocycles. The molecule has 0 spiro atoms. The molecule has 0 rings (SSSR count). The molecule has 0 fully saturated rings. The van der Waals surface area contributed by atoms with Gasteiger partial charge in [0.25, 0.3) is 0 Å². The lowest BCUT2D eigenvalue weighted by atomic mass is 9.98. The first-order chi connectivity index (χ1) is 14.0. The summed E-state index contributed by atoms with van der Waals surface area (Å²) in [6.07, 6.45) is 2.36. The quantitative estimate of drug-likeness (QED) is 0.205. The molecule has 10 nitrogen and oxygen atoms in total. The van der Waals surface area contributed by atoms with Gasteiger partial charge >= 0.3 is 5.97 Å². The van der Waals surface area contributed by atoms with Gasteiger partial charge in [0, 0.05) is 0 Å². The Balaban J connectivity index is 5.10. The topological polar surface area (TPSA) is 177 Å².